The van der Waals surface area contributed by atoms with E-state index < -0.39 is 17.9 Å². The maximum atomic E-state index is 11.3. The van der Waals surface area contributed by atoms with Crippen molar-refractivity contribution in [2.24, 2.45) is 11.8 Å². The summed E-state index contributed by atoms with van der Waals surface area (Å²) in [5.74, 6) is -3.70. The maximum Gasteiger partial charge on any atom is 0.343 e. The van der Waals surface area contributed by atoms with Crippen LogP contribution in [0.1, 0.15) is 149 Å². The van der Waals surface area contributed by atoms with E-state index in [1.54, 1.807) is 6.92 Å². The molecule has 2 unspecified atom stereocenters. The Kier molecular flexibility index (Phi) is 22.1. The van der Waals surface area contributed by atoms with Gasteiger partial charge in [0.25, 0.3) is 0 Å². The van der Waals surface area contributed by atoms with Gasteiger partial charge in [-0.1, -0.05) is 154 Å². The SMILES string of the molecule is CCCCCCCCCCCCCCCCCCCCCCC(C)C(C(=O)O)C(=S)C(=O)O. The van der Waals surface area contributed by atoms with Crippen LogP contribution in [-0.4, -0.2) is 27.0 Å². The van der Waals surface area contributed by atoms with E-state index in [1.807, 2.05) is 0 Å². The summed E-state index contributed by atoms with van der Waals surface area (Å²) in [4.78, 5) is 22.0. The zero-order chi connectivity index (χ0) is 24.7. The fraction of sp³-hybridized carbons (Fsp3) is 0.893. The van der Waals surface area contributed by atoms with Gasteiger partial charge < -0.3 is 10.2 Å². The summed E-state index contributed by atoms with van der Waals surface area (Å²) in [5.41, 5.74) is 0. The Bertz CT molecular complexity index is 506. The third kappa shape index (κ3) is 19.1. The monoisotopic (exact) mass is 484 g/mol. The Morgan fingerprint density at radius 2 is 0.909 bits per heavy atom. The zero-order valence-corrected chi connectivity index (χ0v) is 22.4. The van der Waals surface area contributed by atoms with Crippen LogP contribution >= 0.6 is 12.2 Å². The Hall–Kier alpha value is -0.970. The maximum absolute atomic E-state index is 11.3. The molecule has 0 aromatic heterocycles. The van der Waals surface area contributed by atoms with Gasteiger partial charge in [-0.25, -0.2) is 4.79 Å². The summed E-state index contributed by atoms with van der Waals surface area (Å²) in [6, 6.07) is 0. The highest BCUT2D eigenvalue weighted by atomic mass is 32.1. The van der Waals surface area contributed by atoms with Crippen LogP contribution in [0.5, 0.6) is 0 Å². The van der Waals surface area contributed by atoms with Crippen LogP contribution in [-0.2, 0) is 9.59 Å². The van der Waals surface area contributed by atoms with Crippen molar-refractivity contribution in [1.82, 2.24) is 0 Å². The molecule has 0 rings (SSSR count). The fourth-order valence-electron chi connectivity index (χ4n) is 4.64. The lowest BCUT2D eigenvalue weighted by molar-refractivity contribution is -0.142. The number of thiocarbonyl (C=S) groups is 1. The molecule has 0 bridgehead atoms. The standard InChI is InChI=1S/C28H52O4S/c1-3-4-5-6-7-8-9-10-11-12-13-14-15-16-17-18-19-20-21-22-23-24(2)25(27(29)30)26(33)28(31)32/h24-25H,3-23H2,1-2H3,(H,29,30)(H,31,32). The second kappa shape index (κ2) is 22.8. The molecule has 0 aliphatic rings. The lowest BCUT2D eigenvalue weighted by Crippen LogP contribution is -2.33. The van der Waals surface area contributed by atoms with Crippen LogP contribution in [0.25, 0.3) is 0 Å². The van der Waals surface area contributed by atoms with E-state index >= 15 is 0 Å². The first-order valence-corrected chi connectivity index (χ1v) is 14.3. The second-order valence-electron chi connectivity index (χ2n) is 9.97. The van der Waals surface area contributed by atoms with Gasteiger partial charge in [0.15, 0.2) is 0 Å². The van der Waals surface area contributed by atoms with Crippen LogP contribution in [0.2, 0.25) is 0 Å². The molecule has 0 spiro atoms. The number of rotatable bonds is 25. The zero-order valence-electron chi connectivity index (χ0n) is 21.6. The van der Waals surface area contributed by atoms with Crippen molar-refractivity contribution in [3.63, 3.8) is 0 Å². The molecule has 0 saturated carbocycles. The first-order valence-electron chi connectivity index (χ1n) is 13.9. The van der Waals surface area contributed by atoms with E-state index in [0.717, 1.165) is 12.8 Å². The van der Waals surface area contributed by atoms with Gasteiger partial charge in [0.1, 0.15) is 10.8 Å². The fourth-order valence-corrected chi connectivity index (χ4v) is 4.97. The van der Waals surface area contributed by atoms with E-state index in [9.17, 15) is 14.7 Å². The van der Waals surface area contributed by atoms with E-state index in [-0.39, 0.29) is 10.8 Å². The topological polar surface area (TPSA) is 74.6 Å². The number of carboxylic acids is 2. The van der Waals surface area contributed by atoms with Gasteiger partial charge in [-0.2, -0.15) is 0 Å². The van der Waals surface area contributed by atoms with Gasteiger partial charge in [-0.3, -0.25) is 4.79 Å². The first-order chi connectivity index (χ1) is 15.9. The van der Waals surface area contributed by atoms with E-state index in [1.165, 1.54) is 116 Å². The van der Waals surface area contributed by atoms with Crippen molar-refractivity contribution < 1.29 is 19.8 Å². The molecule has 2 N–H and O–H groups in total. The van der Waals surface area contributed by atoms with Gasteiger partial charge in [0, 0.05) is 0 Å². The van der Waals surface area contributed by atoms with Crippen molar-refractivity contribution in [2.45, 2.75) is 149 Å². The molecule has 4 nitrogen and oxygen atoms in total. The van der Waals surface area contributed by atoms with Crippen molar-refractivity contribution in [2.75, 3.05) is 0 Å². The average Bonchev–Trinajstić information content (AvgIpc) is 2.77. The summed E-state index contributed by atoms with van der Waals surface area (Å²) in [6.07, 6.45) is 27.4. The molecular weight excluding hydrogens is 432 g/mol. The van der Waals surface area contributed by atoms with Gasteiger partial charge in [-0.15, -0.1) is 0 Å². The molecule has 0 saturated heterocycles. The van der Waals surface area contributed by atoms with Gasteiger partial charge in [0.2, 0.25) is 0 Å². The third-order valence-electron chi connectivity index (χ3n) is 6.84. The molecule has 0 aliphatic carbocycles. The quantitative estimate of drug-likeness (QED) is 0.0998. The Balaban J connectivity index is 3.41. The normalized spacial score (nSPS) is 13.0. The highest BCUT2D eigenvalue weighted by Crippen LogP contribution is 2.22. The Morgan fingerprint density at radius 3 is 1.18 bits per heavy atom. The molecule has 2 atom stereocenters. The van der Waals surface area contributed by atoms with E-state index in [4.69, 9.17) is 17.3 Å². The molecule has 0 radical (unpaired) electrons. The molecule has 0 aromatic rings. The minimum Gasteiger partial charge on any atom is -0.481 e. The molecular formula is C28H52O4S. The Morgan fingerprint density at radius 1 is 0.606 bits per heavy atom. The number of carbonyl (C=O) groups is 2. The first kappa shape index (κ1) is 32.0. The molecule has 0 aliphatic heterocycles. The smallest absolute Gasteiger partial charge is 0.343 e. The van der Waals surface area contributed by atoms with Gasteiger partial charge >= 0.3 is 11.9 Å². The number of hydrogen-bond donors (Lipinski definition) is 2. The van der Waals surface area contributed by atoms with Crippen molar-refractivity contribution >= 4 is 29.0 Å². The lowest BCUT2D eigenvalue weighted by Gasteiger charge is -2.19. The summed E-state index contributed by atoms with van der Waals surface area (Å²) >= 11 is 4.80. The number of aliphatic carboxylic acids is 2. The molecule has 0 heterocycles. The Labute approximate surface area is 209 Å². The molecule has 0 aromatic carbocycles. The van der Waals surface area contributed by atoms with Crippen LogP contribution in [0.15, 0.2) is 0 Å². The van der Waals surface area contributed by atoms with E-state index in [0.29, 0.717) is 6.42 Å². The average molecular weight is 485 g/mol. The van der Waals surface area contributed by atoms with Crippen LogP contribution < -0.4 is 0 Å². The number of carboxylic acid groups (broad SMARTS) is 2. The largest absolute Gasteiger partial charge is 0.481 e. The second-order valence-corrected chi connectivity index (χ2v) is 10.4. The summed E-state index contributed by atoms with van der Waals surface area (Å²) in [6.45, 7) is 4.07. The van der Waals surface area contributed by atoms with Crippen molar-refractivity contribution in [1.29, 1.82) is 0 Å². The minimum atomic E-state index is -1.28. The number of unbranched alkanes of at least 4 members (excludes halogenated alkanes) is 19. The van der Waals surface area contributed by atoms with Gasteiger partial charge in [-0.05, 0) is 12.3 Å². The third-order valence-corrected chi connectivity index (χ3v) is 7.27. The summed E-state index contributed by atoms with van der Waals surface area (Å²) in [7, 11) is 0. The predicted molar refractivity (Wildman–Crippen MR) is 143 cm³/mol. The van der Waals surface area contributed by atoms with Crippen molar-refractivity contribution in [3.8, 4) is 0 Å². The summed E-state index contributed by atoms with van der Waals surface area (Å²) < 4.78 is 0. The highest BCUT2D eigenvalue weighted by Gasteiger charge is 2.32. The van der Waals surface area contributed by atoms with Crippen LogP contribution in [0, 0.1) is 11.8 Å². The minimum absolute atomic E-state index is 0.235. The molecule has 0 amide bonds. The molecule has 33 heavy (non-hydrogen) atoms. The van der Waals surface area contributed by atoms with Crippen LogP contribution in [0.4, 0.5) is 0 Å². The number of hydrogen-bond acceptors (Lipinski definition) is 3. The highest BCUT2D eigenvalue weighted by molar-refractivity contribution is 7.82. The molecule has 0 fully saturated rings. The molecule has 194 valence electrons. The van der Waals surface area contributed by atoms with Gasteiger partial charge in [0.05, 0.1) is 0 Å². The molecule has 5 heteroatoms. The lowest BCUT2D eigenvalue weighted by atomic mass is 9.86. The van der Waals surface area contributed by atoms with E-state index in [2.05, 4.69) is 6.92 Å². The summed E-state index contributed by atoms with van der Waals surface area (Å²) in [5, 5.41) is 18.3. The van der Waals surface area contributed by atoms with Crippen LogP contribution in [0.3, 0.4) is 0 Å². The van der Waals surface area contributed by atoms with Crippen molar-refractivity contribution in [3.05, 3.63) is 0 Å². The predicted octanol–water partition coefficient (Wildman–Crippen LogP) is 8.99.